The molecule has 2 aromatic carbocycles. The van der Waals surface area contributed by atoms with Crippen LogP contribution in [-0.2, 0) is 9.59 Å². The van der Waals surface area contributed by atoms with E-state index < -0.39 is 24.3 Å². The molecule has 1 aromatic heterocycles. The number of hydrogen-bond acceptors (Lipinski definition) is 6. The summed E-state index contributed by atoms with van der Waals surface area (Å²) in [5.41, 5.74) is 4.61. The molecule has 1 fully saturated rings. The summed E-state index contributed by atoms with van der Waals surface area (Å²) in [6.07, 6.45) is -10.2. The van der Waals surface area contributed by atoms with E-state index in [0.717, 1.165) is 40.9 Å². The summed E-state index contributed by atoms with van der Waals surface area (Å²) in [5, 5.41) is 24.7. The lowest BCUT2D eigenvalue weighted by Gasteiger charge is -2.36. The number of benzene rings is 2. The van der Waals surface area contributed by atoms with Gasteiger partial charge < -0.3 is 25.1 Å². The third-order valence-electron chi connectivity index (χ3n) is 5.66. The topological polar surface area (TPSA) is 131 Å². The Kier molecular flexibility index (Phi) is 10.5. The van der Waals surface area contributed by atoms with Gasteiger partial charge in [-0.1, -0.05) is 11.6 Å². The normalized spacial score (nSPS) is 13.5. The number of nitrogens with zero attached hydrogens (tertiary/aromatic N) is 3. The van der Waals surface area contributed by atoms with E-state index in [2.05, 4.69) is 16.0 Å². The van der Waals surface area contributed by atoms with Gasteiger partial charge >= 0.3 is 24.3 Å². The molecule has 1 aliphatic rings. The van der Waals surface area contributed by atoms with Crippen molar-refractivity contribution in [2.45, 2.75) is 26.2 Å². The van der Waals surface area contributed by atoms with Gasteiger partial charge in [0.25, 0.3) is 5.91 Å². The molecule has 2 heterocycles. The minimum atomic E-state index is -5.08. The molecule has 1 amide bonds. The molecular weight excluding hydrogens is 564 g/mol. The zero-order chi connectivity index (χ0) is 31.1. The number of fused-ring (bicyclic) bond motifs is 1. The van der Waals surface area contributed by atoms with Crippen LogP contribution in [0.5, 0.6) is 5.75 Å². The first-order chi connectivity index (χ1) is 18.9. The van der Waals surface area contributed by atoms with Gasteiger partial charge in [0.2, 0.25) is 0 Å². The number of aromatic nitrogens is 1. The van der Waals surface area contributed by atoms with Crippen LogP contribution in [0.15, 0.2) is 48.5 Å². The van der Waals surface area contributed by atoms with Crippen LogP contribution in [0.3, 0.4) is 0 Å². The molecule has 41 heavy (non-hydrogen) atoms. The molecule has 0 saturated carbocycles. The molecule has 1 aliphatic heterocycles. The zero-order valence-corrected chi connectivity index (χ0v) is 21.6. The van der Waals surface area contributed by atoms with Gasteiger partial charge in [0.05, 0.1) is 16.8 Å². The number of piperazine rings is 1. The van der Waals surface area contributed by atoms with E-state index >= 15 is 0 Å². The highest BCUT2D eigenvalue weighted by Gasteiger charge is 2.38. The lowest BCUT2D eigenvalue weighted by Crippen LogP contribution is -2.49. The number of aromatic hydroxyl groups is 1. The molecule has 3 aromatic rings. The Hall–Kier alpha value is -4.56. The lowest BCUT2D eigenvalue weighted by molar-refractivity contribution is -0.193. The number of alkyl halides is 6. The van der Waals surface area contributed by atoms with Gasteiger partial charge in [-0.2, -0.15) is 26.3 Å². The van der Waals surface area contributed by atoms with E-state index in [9.17, 15) is 36.2 Å². The van der Waals surface area contributed by atoms with E-state index in [1.807, 2.05) is 49.1 Å². The van der Waals surface area contributed by atoms with Crippen molar-refractivity contribution in [2.24, 2.45) is 0 Å². The average molecular weight is 589 g/mol. The Morgan fingerprint density at radius 1 is 0.780 bits per heavy atom. The van der Waals surface area contributed by atoms with Gasteiger partial charge in [-0.3, -0.25) is 9.78 Å². The second-order valence-corrected chi connectivity index (χ2v) is 8.72. The number of carbonyl (C=O) groups excluding carboxylic acids is 1. The number of phenolic OH excluding ortho intramolecular Hbond substituents is 1. The lowest BCUT2D eigenvalue weighted by atomic mass is 10.1. The number of phenols is 1. The van der Waals surface area contributed by atoms with Crippen LogP contribution in [0, 0.1) is 13.8 Å². The van der Waals surface area contributed by atoms with Gasteiger partial charge in [0.15, 0.2) is 0 Å². The summed E-state index contributed by atoms with van der Waals surface area (Å²) in [5.74, 6) is -5.20. The molecule has 0 aliphatic carbocycles. The molecule has 0 unspecified atom stereocenters. The van der Waals surface area contributed by atoms with Crippen LogP contribution >= 0.6 is 0 Å². The van der Waals surface area contributed by atoms with Crippen LogP contribution in [-0.4, -0.2) is 81.6 Å². The molecule has 0 radical (unpaired) electrons. The highest BCUT2D eigenvalue weighted by atomic mass is 19.4. The fourth-order valence-electron chi connectivity index (χ4n) is 3.61. The quantitative estimate of drug-likeness (QED) is 0.364. The first-order valence-corrected chi connectivity index (χ1v) is 11.7. The summed E-state index contributed by atoms with van der Waals surface area (Å²) in [4.78, 5) is 39.6. The van der Waals surface area contributed by atoms with Crippen molar-refractivity contribution >= 4 is 34.4 Å². The highest BCUT2D eigenvalue weighted by molar-refractivity contribution is 5.98. The van der Waals surface area contributed by atoms with E-state index in [1.165, 1.54) is 0 Å². The van der Waals surface area contributed by atoms with Crippen molar-refractivity contribution in [2.75, 3.05) is 31.1 Å². The van der Waals surface area contributed by atoms with Crippen molar-refractivity contribution in [1.29, 1.82) is 0 Å². The largest absolute Gasteiger partial charge is 0.508 e. The number of carbonyl (C=O) groups is 3. The van der Waals surface area contributed by atoms with Crippen molar-refractivity contribution in [3.8, 4) is 5.75 Å². The summed E-state index contributed by atoms with van der Waals surface area (Å²) < 4.78 is 63.5. The van der Waals surface area contributed by atoms with Crippen LogP contribution in [0.1, 0.15) is 21.6 Å². The highest BCUT2D eigenvalue weighted by Crippen LogP contribution is 2.23. The Morgan fingerprint density at radius 3 is 1.73 bits per heavy atom. The fourth-order valence-corrected chi connectivity index (χ4v) is 3.61. The predicted octanol–water partition coefficient (Wildman–Crippen LogP) is 4.79. The average Bonchev–Trinajstić information content (AvgIpc) is 2.88. The Labute approximate surface area is 229 Å². The van der Waals surface area contributed by atoms with Crippen molar-refractivity contribution in [3.05, 3.63) is 65.4 Å². The second kappa shape index (κ2) is 13.2. The van der Waals surface area contributed by atoms with Crippen LogP contribution in [0.25, 0.3) is 10.9 Å². The van der Waals surface area contributed by atoms with Crippen LogP contribution in [0.4, 0.5) is 32.0 Å². The number of carboxylic acid groups (broad SMARTS) is 2. The van der Waals surface area contributed by atoms with Crippen LogP contribution < -0.4 is 4.90 Å². The van der Waals surface area contributed by atoms with E-state index in [-0.39, 0.29) is 11.7 Å². The number of aryl methyl sites for hydroxylation is 2. The molecule has 4 rings (SSSR count). The van der Waals surface area contributed by atoms with E-state index in [4.69, 9.17) is 19.8 Å². The van der Waals surface area contributed by atoms with Gasteiger partial charge in [0.1, 0.15) is 5.75 Å². The Bertz CT molecular complexity index is 1360. The number of pyridine rings is 1. The molecule has 9 nitrogen and oxygen atoms in total. The molecule has 15 heteroatoms. The van der Waals surface area contributed by atoms with Crippen molar-refractivity contribution < 1.29 is 56.0 Å². The molecule has 222 valence electrons. The van der Waals surface area contributed by atoms with Crippen molar-refractivity contribution in [1.82, 2.24) is 9.88 Å². The number of hydrogen-bond donors (Lipinski definition) is 3. The SMILES string of the molecule is Cc1ccc2nc(C)c(C(=O)N3CCN(c4ccc(O)cc4)CC3)cc2c1.O=C(O)C(F)(F)F.O=C(O)C(F)(F)F. The maximum absolute atomic E-state index is 13.1. The van der Waals surface area contributed by atoms with Crippen LogP contribution in [0.2, 0.25) is 0 Å². The molecule has 0 bridgehead atoms. The van der Waals surface area contributed by atoms with Gasteiger partial charge in [-0.05, 0) is 56.3 Å². The van der Waals surface area contributed by atoms with Crippen molar-refractivity contribution in [3.63, 3.8) is 0 Å². The summed E-state index contributed by atoms with van der Waals surface area (Å²) in [6.45, 7) is 6.84. The van der Waals surface area contributed by atoms with Gasteiger partial charge in [-0.25, -0.2) is 9.59 Å². The zero-order valence-electron chi connectivity index (χ0n) is 21.6. The minimum absolute atomic E-state index is 0.0498. The number of carboxylic acids is 2. The third kappa shape index (κ3) is 9.54. The number of rotatable bonds is 2. The smallest absolute Gasteiger partial charge is 0.490 e. The minimum Gasteiger partial charge on any atom is -0.508 e. The molecular formula is C26H25F6N3O6. The molecule has 3 N–H and O–H groups in total. The summed E-state index contributed by atoms with van der Waals surface area (Å²) >= 11 is 0. The maximum atomic E-state index is 13.1. The molecule has 1 saturated heterocycles. The first-order valence-electron chi connectivity index (χ1n) is 11.7. The Balaban J connectivity index is 0.000000349. The van der Waals surface area contributed by atoms with E-state index in [1.54, 1.807) is 12.1 Å². The number of halogens is 6. The predicted molar refractivity (Wildman–Crippen MR) is 135 cm³/mol. The van der Waals surface area contributed by atoms with E-state index in [0.29, 0.717) is 18.7 Å². The van der Waals surface area contributed by atoms with Gasteiger partial charge in [0, 0.05) is 37.3 Å². The van der Waals surface area contributed by atoms with Gasteiger partial charge in [-0.15, -0.1) is 0 Å². The third-order valence-corrected chi connectivity index (χ3v) is 5.66. The molecule has 0 spiro atoms. The maximum Gasteiger partial charge on any atom is 0.490 e. The fraction of sp³-hybridized carbons (Fsp3) is 0.308. The monoisotopic (exact) mass is 589 g/mol. The summed E-state index contributed by atoms with van der Waals surface area (Å²) in [7, 11) is 0. The Morgan fingerprint density at radius 2 is 1.27 bits per heavy atom. The number of anilines is 1. The number of amides is 1. The first kappa shape index (κ1) is 32.7. The second-order valence-electron chi connectivity index (χ2n) is 8.72. The molecule has 0 atom stereocenters. The summed E-state index contributed by atoms with van der Waals surface area (Å²) in [6, 6.07) is 15.3. The number of aliphatic carboxylic acids is 2. The standard InChI is InChI=1S/C22H23N3O2.2C2HF3O2/c1-15-3-8-21-17(13-15)14-20(16(2)23-21)22(27)25-11-9-24(10-12-25)18-4-6-19(26)7-5-18;2*3-2(4,5)1(6)7/h3-8,13-14,26H,9-12H2,1-2H3;2*(H,6,7).